The zero-order chi connectivity index (χ0) is 9.42. The van der Waals surface area contributed by atoms with Gasteiger partial charge in [-0.25, -0.2) is 0 Å². The quantitative estimate of drug-likeness (QED) is 0.698. The Morgan fingerprint density at radius 1 is 1.38 bits per heavy atom. The topological polar surface area (TPSA) is 67.8 Å². The maximum absolute atomic E-state index is 5.46. The van der Waals surface area contributed by atoms with E-state index in [4.69, 9.17) is 10.3 Å². The zero-order valence-electron chi connectivity index (χ0n) is 7.59. The van der Waals surface area contributed by atoms with E-state index in [1.165, 1.54) is 0 Å². The third kappa shape index (κ3) is 1.30. The molecule has 2 rings (SSSR count). The van der Waals surface area contributed by atoms with Crippen molar-refractivity contribution in [3.63, 3.8) is 0 Å². The Balaban J connectivity index is 2.51. The van der Waals surface area contributed by atoms with Gasteiger partial charge in [0.15, 0.2) is 11.6 Å². The van der Waals surface area contributed by atoms with Gasteiger partial charge in [0.05, 0.1) is 0 Å². The number of H-pyrrole nitrogens is 1. The van der Waals surface area contributed by atoms with Crippen molar-refractivity contribution in [2.75, 3.05) is 5.73 Å². The van der Waals surface area contributed by atoms with Crippen molar-refractivity contribution in [1.29, 1.82) is 0 Å². The van der Waals surface area contributed by atoms with Gasteiger partial charge in [-0.1, -0.05) is 5.16 Å². The highest BCUT2D eigenvalue weighted by Gasteiger charge is 2.09. The van der Waals surface area contributed by atoms with E-state index in [2.05, 4.69) is 10.1 Å². The van der Waals surface area contributed by atoms with Gasteiger partial charge in [-0.15, -0.1) is 0 Å². The number of aromatic nitrogens is 2. The first-order valence-electron chi connectivity index (χ1n) is 4.05. The zero-order valence-corrected chi connectivity index (χ0v) is 7.59. The lowest BCUT2D eigenvalue weighted by molar-refractivity contribution is 0.435. The summed E-state index contributed by atoms with van der Waals surface area (Å²) < 4.78 is 5.05. The van der Waals surface area contributed by atoms with E-state index < -0.39 is 0 Å². The van der Waals surface area contributed by atoms with Gasteiger partial charge in [-0.3, -0.25) is 0 Å². The second-order valence-corrected chi connectivity index (χ2v) is 3.11. The van der Waals surface area contributed by atoms with Gasteiger partial charge < -0.3 is 15.2 Å². The molecule has 0 saturated carbocycles. The van der Waals surface area contributed by atoms with Crippen molar-refractivity contribution in [1.82, 2.24) is 10.1 Å². The molecule has 0 fully saturated rings. The summed E-state index contributed by atoms with van der Waals surface area (Å²) in [6, 6.07) is 3.73. The van der Waals surface area contributed by atoms with E-state index in [-0.39, 0.29) is 0 Å². The highest BCUT2D eigenvalue weighted by molar-refractivity contribution is 5.63. The SMILES string of the molecule is Cc1cc(-c2cc(N)no2)c(C)[nH]1. The molecule has 2 heterocycles. The fraction of sp³-hybridized carbons (Fsp3) is 0.222. The van der Waals surface area contributed by atoms with Crippen LogP contribution in [0.25, 0.3) is 11.3 Å². The number of nitrogens with one attached hydrogen (secondary N) is 1. The van der Waals surface area contributed by atoms with Crippen LogP contribution in [0.5, 0.6) is 0 Å². The van der Waals surface area contributed by atoms with Crippen molar-refractivity contribution in [3.05, 3.63) is 23.5 Å². The first-order valence-corrected chi connectivity index (χ1v) is 4.05. The Hall–Kier alpha value is -1.71. The Bertz CT molecular complexity index is 428. The third-order valence-electron chi connectivity index (χ3n) is 1.94. The maximum atomic E-state index is 5.46. The minimum Gasteiger partial charge on any atom is -0.381 e. The van der Waals surface area contributed by atoms with Crippen LogP contribution in [0.1, 0.15) is 11.4 Å². The van der Waals surface area contributed by atoms with Crippen LogP contribution < -0.4 is 5.73 Å². The molecular formula is C9H11N3O. The first-order chi connectivity index (χ1) is 6.16. The molecule has 0 unspecified atom stereocenters. The van der Waals surface area contributed by atoms with E-state index in [0.717, 1.165) is 17.0 Å². The molecule has 0 aliphatic carbocycles. The summed E-state index contributed by atoms with van der Waals surface area (Å²) in [6.07, 6.45) is 0. The van der Waals surface area contributed by atoms with Gasteiger partial charge in [0.25, 0.3) is 0 Å². The molecule has 0 radical (unpaired) electrons. The largest absolute Gasteiger partial charge is 0.381 e. The fourth-order valence-corrected chi connectivity index (χ4v) is 1.40. The lowest BCUT2D eigenvalue weighted by Gasteiger charge is -1.89. The number of nitrogen functional groups attached to an aromatic ring is 1. The lowest BCUT2D eigenvalue weighted by atomic mass is 10.2. The van der Waals surface area contributed by atoms with E-state index in [1.54, 1.807) is 6.07 Å². The number of anilines is 1. The Labute approximate surface area is 75.7 Å². The monoisotopic (exact) mass is 177 g/mol. The van der Waals surface area contributed by atoms with Crippen molar-refractivity contribution in [2.24, 2.45) is 0 Å². The van der Waals surface area contributed by atoms with Gasteiger partial charge >= 0.3 is 0 Å². The second kappa shape index (κ2) is 2.65. The molecule has 0 amide bonds. The molecule has 0 spiro atoms. The predicted molar refractivity (Wildman–Crippen MR) is 50.2 cm³/mol. The van der Waals surface area contributed by atoms with E-state index in [9.17, 15) is 0 Å². The summed E-state index contributed by atoms with van der Waals surface area (Å²) in [4.78, 5) is 3.19. The molecule has 0 bridgehead atoms. The number of aromatic amines is 1. The number of rotatable bonds is 1. The highest BCUT2D eigenvalue weighted by Crippen LogP contribution is 2.25. The van der Waals surface area contributed by atoms with Crippen LogP contribution in [-0.4, -0.2) is 10.1 Å². The summed E-state index contributed by atoms with van der Waals surface area (Å²) in [5, 5.41) is 3.63. The van der Waals surface area contributed by atoms with Crippen molar-refractivity contribution >= 4 is 5.82 Å². The second-order valence-electron chi connectivity index (χ2n) is 3.11. The van der Waals surface area contributed by atoms with Crippen molar-refractivity contribution in [3.8, 4) is 11.3 Å². The first kappa shape index (κ1) is 7.91. The average molecular weight is 177 g/mol. The van der Waals surface area contributed by atoms with Crippen molar-refractivity contribution in [2.45, 2.75) is 13.8 Å². The molecule has 0 aromatic carbocycles. The normalized spacial score (nSPS) is 10.6. The average Bonchev–Trinajstić information content (AvgIpc) is 2.58. The molecule has 3 N–H and O–H groups in total. The Kier molecular flexibility index (Phi) is 1.62. The third-order valence-corrected chi connectivity index (χ3v) is 1.94. The summed E-state index contributed by atoms with van der Waals surface area (Å²) >= 11 is 0. The minimum atomic E-state index is 0.410. The summed E-state index contributed by atoms with van der Waals surface area (Å²) in [6.45, 7) is 3.98. The lowest BCUT2D eigenvalue weighted by Crippen LogP contribution is -1.80. The molecule has 68 valence electrons. The van der Waals surface area contributed by atoms with Gasteiger partial charge in [0.1, 0.15) is 0 Å². The van der Waals surface area contributed by atoms with Crippen LogP contribution in [0.15, 0.2) is 16.7 Å². The van der Waals surface area contributed by atoms with Gasteiger partial charge in [0.2, 0.25) is 0 Å². The van der Waals surface area contributed by atoms with E-state index in [1.807, 2.05) is 19.9 Å². The molecule has 0 aliphatic rings. The minimum absolute atomic E-state index is 0.410. The summed E-state index contributed by atoms with van der Waals surface area (Å²) in [5.41, 5.74) is 8.64. The smallest absolute Gasteiger partial charge is 0.170 e. The summed E-state index contributed by atoms with van der Waals surface area (Å²) in [7, 11) is 0. The van der Waals surface area contributed by atoms with Gasteiger partial charge in [-0.2, -0.15) is 0 Å². The van der Waals surface area contributed by atoms with Crippen LogP contribution in [0.3, 0.4) is 0 Å². The number of nitrogens with two attached hydrogens (primary N) is 1. The van der Waals surface area contributed by atoms with Crippen molar-refractivity contribution < 1.29 is 4.52 Å². The fourth-order valence-electron chi connectivity index (χ4n) is 1.40. The number of nitrogens with zero attached hydrogens (tertiary/aromatic N) is 1. The molecule has 4 heteroatoms. The Morgan fingerprint density at radius 2 is 2.15 bits per heavy atom. The van der Waals surface area contributed by atoms with Crippen LogP contribution in [0, 0.1) is 13.8 Å². The van der Waals surface area contributed by atoms with Crippen LogP contribution in [0.4, 0.5) is 5.82 Å². The molecular weight excluding hydrogens is 166 g/mol. The molecule has 0 saturated heterocycles. The van der Waals surface area contributed by atoms with E-state index in [0.29, 0.717) is 11.6 Å². The molecule has 13 heavy (non-hydrogen) atoms. The maximum Gasteiger partial charge on any atom is 0.170 e. The molecule has 0 aliphatic heterocycles. The summed E-state index contributed by atoms with van der Waals surface area (Å²) in [5.74, 6) is 1.12. The van der Waals surface area contributed by atoms with Crippen LogP contribution in [0.2, 0.25) is 0 Å². The molecule has 0 atom stereocenters. The molecule has 2 aromatic rings. The standard InChI is InChI=1S/C9H11N3O/c1-5-3-7(6(2)11-5)8-4-9(10)12-13-8/h3-4,11H,1-2H3,(H2,10,12). The Morgan fingerprint density at radius 3 is 2.62 bits per heavy atom. The number of hydrogen-bond acceptors (Lipinski definition) is 3. The van der Waals surface area contributed by atoms with Crippen LogP contribution in [-0.2, 0) is 0 Å². The van der Waals surface area contributed by atoms with Gasteiger partial charge in [-0.05, 0) is 19.9 Å². The van der Waals surface area contributed by atoms with E-state index >= 15 is 0 Å². The van der Waals surface area contributed by atoms with Crippen LogP contribution >= 0.6 is 0 Å². The molecule has 2 aromatic heterocycles. The highest BCUT2D eigenvalue weighted by atomic mass is 16.5. The number of aryl methyl sites for hydroxylation is 2. The predicted octanol–water partition coefficient (Wildman–Crippen LogP) is 1.87. The number of hydrogen-bond donors (Lipinski definition) is 2. The van der Waals surface area contributed by atoms with Gasteiger partial charge in [0, 0.05) is 23.0 Å². The molecule has 4 nitrogen and oxygen atoms in total.